The summed E-state index contributed by atoms with van der Waals surface area (Å²) in [6, 6.07) is 10.3. The molecule has 1 unspecified atom stereocenters. The molecule has 1 N–H and O–H groups in total. The van der Waals surface area contributed by atoms with Crippen LogP contribution >= 0.6 is 0 Å². The van der Waals surface area contributed by atoms with Gasteiger partial charge in [0.05, 0.1) is 17.9 Å². The van der Waals surface area contributed by atoms with E-state index >= 15 is 0 Å². The van der Waals surface area contributed by atoms with Gasteiger partial charge in [0.2, 0.25) is 5.89 Å². The molecule has 2 aromatic rings. The number of rotatable bonds is 4. The smallest absolute Gasteiger partial charge is 0.229 e. The average molecular weight is 288 g/mol. The first-order valence-corrected chi connectivity index (χ1v) is 7.35. The monoisotopic (exact) mass is 288 g/mol. The minimum Gasteiger partial charge on any atom is -0.393 e. The summed E-state index contributed by atoms with van der Waals surface area (Å²) in [5, 5.41) is 13.6. The molecule has 1 aliphatic heterocycles. The number of aliphatic hydroxyl groups is 1. The Labute approximate surface area is 123 Å². The maximum atomic E-state index is 9.46. The largest absolute Gasteiger partial charge is 0.393 e. The summed E-state index contributed by atoms with van der Waals surface area (Å²) in [5.74, 6) is 1.19. The number of nitrogens with zero attached hydrogens (tertiary/aromatic N) is 2. The number of aliphatic hydroxyl groups excluding tert-OH is 1. The molecule has 112 valence electrons. The third-order valence-electron chi connectivity index (χ3n) is 4.04. The highest BCUT2D eigenvalue weighted by atomic mass is 16.5. The van der Waals surface area contributed by atoms with Crippen molar-refractivity contribution in [3.63, 3.8) is 0 Å². The molecule has 0 bridgehead atoms. The third-order valence-corrected chi connectivity index (χ3v) is 4.04. The Bertz CT molecular complexity index is 574. The molecule has 1 saturated heterocycles. The van der Waals surface area contributed by atoms with Crippen molar-refractivity contribution in [3.8, 4) is 0 Å². The molecule has 0 amide bonds. The van der Waals surface area contributed by atoms with Crippen LogP contribution in [0.3, 0.4) is 0 Å². The number of aromatic nitrogens is 2. The normalized spacial score (nSPS) is 19.3. The maximum Gasteiger partial charge on any atom is 0.229 e. The molecule has 2 heterocycles. The molecule has 1 aromatic carbocycles. The van der Waals surface area contributed by atoms with Gasteiger partial charge in [-0.1, -0.05) is 35.5 Å². The predicted octanol–water partition coefficient (Wildman–Crippen LogP) is 2.09. The van der Waals surface area contributed by atoms with Crippen LogP contribution in [0.25, 0.3) is 0 Å². The summed E-state index contributed by atoms with van der Waals surface area (Å²) in [7, 11) is 0. The third kappa shape index (κ3) is 2.84. The first-order valence-electron chi connectivity index (χ1n) is 7.35. The second-order valence-corrected chi connectivity index (χ2v) is 5.63. The fourth-order valence-electron chi connectivity index (χ4n) is 2.90. The van der Waals surface area contributed by atoms with E-state index in [1.165, 1.54) is 5.56 Å². The van der Waals surface area contributed by atoms with Crippen molar-refractivity contribution >= 4 is 0 Å². The molecule has 21 heavy (non-hydrogen) atoms. The molecule has 1 atom stereocenters. The molecule has 0 radical (unpaired) electrons. The van der Waals surface area contributed by atoms with Gasteiger partial charge in [0.15, 0.2) is 5.82 Å². The van der Waals surface area contributed by atoms with Crippen LogP contribution in [0.15, 0.2) is 34.9 Å². The molecule has 1 fully saturated rings. The van der Waals surface area contributed by atoms with Crippen LogP contribution in [-0.4, -0.2) is 34.6 Å². The Morgan fingerprint density at radius 2 is 1.95 bits per heavy atom. The quantitative estimate of drug-likeness (QED) is 0.933. The number of ether oxygens (including phenoxy) is 1. The first-order chi connectivity index (χ1) is 10.2. The fraction of sp³-hybridized carbons (Fsp3) is 0.500. The molecule has 1 aromatic heterocycles. The van der Waals surface area contributed by atoms with E-state index < -0.39 is 6.10 Å². The van der Waals surface area contributed by atoms with Gasteiger partial charge in [0.25, 0.3) is 0 Å². The fourth-order valence-corrected chi connectivity index (χ4v) is 2.90. The van der Waals surface area contributed by atoms with E-state index in [1.54, 1.807) is 6.92 Å². The summed E-state index contributed by atoms with van der Waals surface area (Å²) in [5.41, 5.74) is 0.942. The Morgan fingerprint density at radius 3 is 2.62 bits per heavy atom. The highest BCUT2D eigenvalue weighted by Gasteiger charge is 2.40. The van der Waals surface area contributed by atoms with Crippen LogP contribution < -0.4 is 0 Å². The van der Waals surface area contributed by atoms with Gasteiger partial charge in [-0.25, -0.2) is 0 Å². The minimum absolute atomic E-state index is 0.250. The van der Waals surface area contributed by atoms with E-state index in [4.69, 9.17) is 9.26 Å². The van der Waals surface area contributed by atoms with E-state index in [-0.39, 0.29) is 5.41 Å². The van der Waals surface area contributed by atoms with Crippen LogP contribution in [0, 0.1) is 0 Å². The van der Waals surface area contributed by atoms with Crippen LogP contribution in [0.4, 0.5) is 0 Å². The lowest BCUT2D eigenvalue weighted by atomic mass is 9.73. The van der Waals surface area contributed by atoms with Gasteiger partial charge in [-0.2, -0.15) is 4.98 Å². The van der Waals surface area contributed by atoms with Gasteiger partial charge < -0.3 is 14.4 Å². The van der Waals surface area contributed by atoms with Crippen molar-refractivity contribution in [1.82, 2.24) is 10.1 Å². The Kier molecular flexibility index (Phi) is 4.03. The van der Waals surface area contributed by atoms with Crippen molar-refractivity contribution in [2.45, 2.75) is 37.7 Å². The number of benzene rings is 1. The predicted molar refractivity (Wildman–Crippen MR) is 77.0 cm³/mol. The minimum atomic E-state index is -0.485. The molecule has 3 rings (SSSR count). The molecule has 5 nitrogen and oxygen atoms in total. The average Bonchev–Trinajstić information content (AvgIpc) is 2.97. The molecular weight excluding hydrogens is 268 g/mol. The first kappa shape index (κ1) is 14.2. The van der Waals surface area contributed by atoms with Crippen LogP contribution in [0.2, 0.25) is 0 Å². The topological polar surface area (TPSA) is 68.4 Å². The standard InChI is InChI=1S/C16H20N2O3/c1-12(19)11-14-17-15(18-21-14)16(7-9-20-10-8-16)13-5-3-2-4-6-13/h2-6,12,19H,7-11H2,1H3. The molecule has 0 aliphatic carbocycles. The second kappa shape index (κ2) is 5.95. The molecular formula is C16H20N2O3. The van der Waals surface area contributed by atoms with Gasteiger partial charge in [-0.15, -0.1) is 0 Å². The van der Waals surface area contributed by atoms with Crippen molar-refractivity contribution < 1.29 is 14.4 Å². The van der Waals surface area contributed by atoms with Crippen LogP contribution in [-0.2, 0) is 16.6 Å². The van der Waals surface area contributed by atoms with Gasteiger partial charge in [0, 0.05) is 13.2 Å². The SMILES string of the molecule is CC(O)Cc1nc(C2(c3ccccc3)CCOCC2)no1. The zero-order valence-electron chi connectivity index (χ0n) is 12.2. The van der Waals surface area contributed by atoms with E-state index in [0.717, 1.165) is 12.8 Å². The zero-order chi connectivity index (χ0) is 14.7. The summed E-state index contributed by atoms with van der Waals surface area (Å²) in [6.07, 6.45) is 1.57. The highest BCUT2D eigenvalue weighted by Crippen LogP contribution is 2.39. The van der Waals surface area contributed by atoms with Gasteiger partial charge in [0.1, 0.15) is 0 Å². The number of hydrogen-bond donors (Lipinski definition) is 1. The Hall–Kier alpha value is -1.72. The maximum absolute atomic E-state index is 9.46. The van der Waals surface area contributed by atoms with Crippen molar-refractivity contribution in [3.05, 3.63) is 47.6 Å². The summed E-state index contributed by atoms with van der Waals surface area (Å²) in [4.78, 5) is 4.53. The van der Waals surface area contributed by atoms with Crippen LogP contribution in [0.5, 0.6) is 0 Å². The van der Waals surface area contributed by atoms with Gasteiger partial charge >= 0.3 is 0 Å². The lowest BCUT2D eigenvalue weighted by Gasteiger charge is -2.34. The van der Waals surface area contributed by atoms with Crippen molar-refractivity contribution in [2.75, 3.05) is 13.2 Å². The highest BCUT2D eigenvalue weighted by molar-refractivity contribution is 5.33. The zero-order valence-corrected chi connectivity index (χ0v) is 12.2. The number of hydrogen-bond acceptors (Lipinski definition) is 5. The second-order valence-electron chi connectivity index (χ2n) is 5.63. The lowest BCUT2D eigenvalue weighted by molar-refractivity contribution is 0.0597. The van der Waals surface area contributed by atoms with E-state index in [0.29, 0.717) is 31.3 Å². The van der Waals surface area contributed by atoms with E-state index in [2.05, 4.69) is 22.3 Å². The summed E-state index contributed by atoms with van der Waals surface area (Å²) >= 11 is 0. The molecule has 0 saturated carbocycles. The van der Waals surface area contributed by atoms with Gasteiger partial charge in [-0.05, 0) is 25.3 Å². The van der Waals surface area contributed by atoms with E-state index in [9.17, 15) is 5.11 Å². The summed E-state index contributed by atoms with van der Waals surface area (Å²) in [6.45, 7) is 3.09. The molecule has 0 spiro atoms. The van der Waals surface area contributed by atoms with Crippen molar-refractivity contribution in [2.24, 2.45) is 0 Å². The van der Waals surface area contributed by atoms with Crippen LogP contribution in [0.1, 0.15) is 37.0 Å². The van der Waals surface area contributed by atoms with Gasteiger partial charge in [-0.3, -0.25) is 0 Å². The molecule has 5 heteroatoms. The van der Waals surface area contributed by atoms with E-state index in [1.807, 2.05) is 18.2 Å². The Balaban J connectivity index is 1.98. The van der Waals surface area contributed by atoms with Crippen molar-refractivity contribution in [1.29, 1.82) is 0 Å². The Morgan fingerprint density at radius 1 is 1.24 bits per heavy atom. The summed E-state index contributed by atoms with van der Waals surface area (Å²) < 4.78 is 10.8. The lowest BCUT2D eigenvalue weighted by Crippen LogP contribution is -2.36. The molecule has 1 aliphatic rings.